The van der Waals surface area contributed by atoms with E-state index in [1.54, 1.807) is 18.2 Å². The van der Waals surface area contributed by atoms with E-state index in [0.717, 1.165) is 16.9 Å². The van der Waals surface area contributed by atoms with Crippen LogP contribution in [-0.2, 0) is 0 Å². The number of pyridine rings is 1. The van der Waals surface area contributed by atoms with Gasteiger partial charge < -0.3 is 0 Å². The van der Waals surface area contributed by atoms with Gasteiger partial charge in [-0.25, -0.2) is 4.98 Å². The minimum atomic E-state index is 0.0126. The fourth-order valence-electron chi connectivity index (χ4n) is 2.32. The van der Waals surface area contributed by atoms with E-state index in [2.05, 4.69) is 15.2 Å². The molecule has 5 heteroatoms. The van der Waals surface area contributed by atoms with E-state index in [1.807, 2.05) is 42.6 Å². The smallest absolute Gasteiger partial charge is 0.182 e. The van der Waals surface area contributed by atoms with Crippen LogP contribution in [0.4, 0.5) is 11.5 Å². The SMILES string of the molecule is CC(=O)c1cccc(N=Nc2c(C)nc3c(C)cccn23)c1. The topological polar surface area (TPSA) is 59.1 Å². The van der Waals surface area contributed by atoms with Crippen molar-refractivity contribution in [3.8, 4) is 0 Å². The van der Waals surface area contributed by atoms with Crippen LogP contribution in [0, 0.1) is 13.8 Å². The van der Waals surface area contributed by atoms with Gasteiger partial charge in [-0.3, -0.25) is 9.20 Å². The molecule has 0 saturated carbocycles. The molecule has 1 aromatic carbocycles. The largest absolute Gasteiger partial charge is 0.295 e. The summed E-state index contributed by atoms with van der Waals surface area (Å²) in [7, 11) is 0. The molecule has 0 fully saturated rings. The maximum Gasteiger partial charge on any atom is 0.182 e. The number of hydrogen-bond donors (Lipinski definition) is 0. The number of fused-ring (bicyclic) bond motifs is 1. The van der Waals surface area contributed by atoms with Gasteiger partial charge in [-0.05, 0) is 44.5 Å². The molecule has 0 spiro atoms. The van der Waals surface area contributed by atoms with Crippen LogP contribution < -0.4 is 0 Å². The Morgan fingerprint density at radius 2 is 1.95 bits per heavy atom. The van der Waals surface area contributed by atoms with E-state index >= 15 is 0 Å². The fraction of sp³-hybridized carbons (Fsp3) is 0.176. The predicted octanol–water partition coefficient (Wildman–Crippen LogP) is 4.57. The third-order valence-corrected chi connectivity index (χ3v) is 3.50. The maximum atomic E-state index is 11.4. The lowest BCUT2D eigenvalue weighted by atomic mass is 10.1. The first-order chi connectivity index (χ1) is 10.6. The van der Waals surface area contributed by atoms with Crippen LogP contribution in [0.3, 0.4) is 0 Å². The Kier molecular flexibility index (Phi) is 3.55. The lowest BCUT2D eigenvalue weighted by Gasteiger charge is -1.99. The van der Waals surface area contributed by atoms with Crippen molar-refractivity contribution in [3.05, 3.63) is 59.4 Å². The van der Waals surface area contributed by atoms with Gasteiger partial charge >= 0.3 is 0 Å². The van der Waals surface area contributed by atoms with Crippen LogP contribution >= 0.6 is 0 Å². The third kappa shape index (κ3) is 2.53. The first kappa shape index (κ1) is 14.1. The van der Waals surface area contributed by atoms with E-state index in [4.69, 9.17) is 0 Å². The number of imidazole rings is 1. The van der Waals surface area contributed by atoms with Crippen molar-refractivity contribution in [3.63, 3.8) is 0 Å². The van der Waals surface area contributed by atoms with Gasteiger partial charge in [0.15, 0.2) is 11.6 Å². The molecule has 3 aromatic rings. The summed E-state index contributed by atoms with van der Waals surface area (Å²) in [5.41, 5.74) is 4.06. The van der Waals surface area contributed by atoms with Crippen molar-refractivity contribution in [2.75, 3.05) is 0 Å². The predicted molar refractivity (Wildman–Crippen MR) is 85.3 cm³/mol. The Balaban J connectivity index is 2.03. The quantitative estimate of drug-likeness (QED) is 0.524. The second-order valence-corrected chi connectivity index (χ2v) is 5.21. The molecule has 2 heterocycles. The summed E-state index contributed by atoms with van der Waals surface area (Å²) in [6.07, 6.45) is 1.92. The Bertz CT molecular complexity index is 893. The summed E-state index contributed by atoms with van der Waals surface area (Å²) in [6.45, 7) is 5.46. The molecule has 0 amide bonds. The Hall–Kier alpha value is -2.82. The summed E-state index contributed by atoms with van der Waals surface area (Å²) in [5.74, 6) is 0.714. The number of benzene rings is 1. The third-order valence-electron chi connectivity index (χ3n) is 3.50. The molecular weight excluding hydrogens is 276 g/mol. The highest BCUT2D eigenvalue weighted by Gasteiger charge is 2.09. The second kappa shape index (κ2) is 5.52. The lowest BCUT2D eigenvalue weighted by Crippen LogP contribution is -1.89. The lowest BCUT2D eigenvalue weighted by molar-refractivity contribution is 0.101. The van der Waals surface area contributed by atoms with E-state index in [-0.39, 0.29) is 5.78 Å². The highest BCUT2D eigenvalue weighted by atomic mass is 16.1. The Morgan fingerprint density at radius 3 is 2.73 bits per heavy atom. The van der Waals surface area contributed by atoms with E-state index in [0.29, 0.717) is 17.1 Å². The van der Waals surface area contributed by atoms with Crippen LogP contribution in [0.25, 0.3) is 5.65 Å². The van der Waals surface area contributed by atoms with Crippen LogP contribution in [0.1, 0.15) is 28.5 Å². The second-order valence-electron chi connectivity index (χ2n) is 5.21. The molecule has 0 bridgehead atoms. The average Bonchev–Trinajstić information content (AvgIpc) is 2.83. The molecule has 2 aromatic heterocycles. The number of ketones is 1. The van der Waals surface area contributed by atoms with E-state index < -0.39 is 0 Å². The van der Waals surface area contributed by atoms with Gasteiger partial charge in [0.25, 0.3) is 0 Å². The zero-order valence-corrected chi connectivity index (χ0v) is 12.7. The molecule has 3 rings (SSSR count). The Labute approximate surface area is 128 Å². The monoisotopic (exact) mass is 292 g/mol. The molecule has 0 aliphatic carbocycles. The number of azo groups is 1. The average molecular weight is 292 g/mol. The number of aryl methyl sites for hydroxylation is 2. The van der Waals surface area contributed by atoms with Gasteiger partial charge in [0.2, 0.25) is 0 Å². The van der Waals surface area contributed by atoms with Crippen molar-refractivity contribution in [1.82, 2.24) is 9.38 Å². The molecule has 22 heavy (non-hydrogen) atoms. The minimum Gasteiger partial charge on any atom is -0.295 e. The van der Waals surface area contributed by atoms with Gasteiger partial charge in [-0.2, -0.15) is 0 Å². The molecule has 0 aliphatic rings. The van der Waals surface area contributed by atoms with Crippen LogP contribution in [0.15, 0.2) is 52.8 Å². The molecule has 0 radical (unpaired) electrons. The van der Waals surface area contributed by atoms with Gasteiger partial charge in [-0.1, -0.05) is 18.2 Å². The van der Waals surface area contributed by atoms with Crippen LogP contribution in [-0.4, -0.2) is 15.2 Å². The van der Waals surface area contributed by atoms with Gasteiger partial charge in [0, 0.05) is 11.8 Å². The zero-order valence-electron chi connectivity index (χ0n) is 12.7. The van der Waals surface area contributed by atoms with E-state index in [9.17, 15) is 4.79 Å². The number of rotatable bonds is 3. The number of aromatic nitrogens is 2. The van der Waals surface area contributed by atoms with Crippen molar-refractivity contribution in [1.29, 1.82) is 0 Å². The maximum absolute atomic E-state index is 11.4. The number of Topliss-reactive ketones (excluding diaryl/α,β-unsaturated/α-hetero) is 1. The number of nitrogens with zero attached hydrogens (tertiary/aromatic N) is 4. The first-order valence-electron chi connectivity index (χ1n) is 7.03. The summed E-state index contributed by atoms with van der Waals surface area (Å²) in [5, 5.41) is 8.56. The number of carbonyl (C=O) groups is 1. The summed E-state index contributed by atoms with van der Waals surface area (Å²) in [6, 6.07) is 11.1. The molecule has 0 atom stereocenters. The van der Waals surface area contributed by atoms with Crippen LogP contribution in [0.5, 0.6) is 0 Å². The summed E-state index contributed by atoms with van der Waals surface area (Å²) in [4.78, 5) is 15.9. The molecular formula is C17H16N4O. The molecule has 0 saturated heterocycles. The number of hydrogen-bond acceptors (Lipinski definition) is 4. The standard InChI is InChI=1S/C17H16N4O/c1-11-6-5-9-21-16(11)18-12(2)17(21)20-19-15-8-4-7-14(10-15)13(3)22/h4-10H,1-3H3. The van der Waals surface area contributed by atoms with Crippen LogP contribution in [0.2, 0.25) is 0 Å². The minimum absolute atomic E-state index is 0.0126. The highest BCUT2D eigenvalue weighted by molar-refractivity contribution is 5.94. The molecule has 0 unspecified atom stereocenters. The van der Waals surface area contributed by atoms with Crippen molar-refractivity contribution in [2.45, 2.75) is 20.8 Å². The van der Waals surface area contributed by atoms with Crippen molar-refractivity contribution >= 4 is 22.9 Å². The summed E-state index contributed by atoms with van der Waals surface area (Å²) >= 11 is 0. The van der Waals surface area contributed by atoms with Crippen molar-refractivity contribution < 1.29 is 4.79 Å². The normalized spacial score (nSPS) is 11.4. The van der Waals surface area contributed by atoms with Gasteiger partial charge in [0.05, 0.1) is 11.4 Å². The van der Waals surface area contributed by atoms with E-state index in [1.165, 1.54) is 6.92 Å². The fourth-order valence-corrected chi connectivity index (χ4v) is 2.32. The highest BCUT2D eigenvalue weighted by Crippen LogP contribution is 2.25. The molecule has 5 nitrogen and oxygen atoms in total. The van der Waals surface area contributed by atoms with Crippen molar-refractivity contribution in [2.24, 2.45) is 10.2 Å². The first-order valence-corrected chi connectivity index (χ1v) is 7.03. The summed E-state index contributed by atoms with van der Waals surface area (Å²) < 4.78 is 1.92. The Morgan fingerprint density at radius 1 is 1.14 bits per heavy atom. The molecule has 0 N–H and O–H groups in total. The number of carbonyl (C=O) groups excluding carboxylic acids is 1. The van der Waals surface area contributed by atoms with Gasteiger partial charge in [-0.15, -0.1) is 10.2 Å². The van der Waals surface area contributed by atoms with Gasteiger partial charge in [0.1, 0.15) is 5.65 Å². The molecule has 110 valence electrons. The zero-order chi connectivity index (χ0) is 15.7. The molecule has 0 aliphatic heterocycles.